The maximum atomic E-state index is 13.1. The van der Waals surface area contributed by atoms with Crippen LogP contribution in [-0.4, -0.2) is 67.5 Å². The van der Waals surface area contributed by atoms with Crippen LogP contribution in [0.3, 0.4) is 0 Å². The lowest BCUT2D eigenvalue weighted by atomic mass is 9.91. The molecule has 2 aromatic rings. The zero-order chi connectivity index (χ0) is 23.4. The summed E-state index contributed by atoms with van der Waals surface area (Å²) in [4.78, 5) is 1.83. The summed E-state index contributed by atoms with van der Waals surface area (Å²) in [6, 6.07) is 17.7. The molecule has 0 saturated carbocycles. The lowest BCUT2D eigenvalue weighted by Crippen LogP contribution is -2.42. The third kappa shape index (κ3) is 5.39. The number of piperidine rings is 1. The Balaban J connectivity index is 1.74. The summed E-state index contributed by atoms with van der Waals surface area (Å²) < 4.78 is 32.0. The molecule has 2 aliphatic heterocycles. The normalized spacial score (nSPS) is 20.1. The number of hydrazone groups is 1. The Bertz CT molecular complexity index is 1110. The van der Waals surface area contributed by atoms with Crippen molar-refractivity contribution in [3.63, 3.8) is 0 Å². The van der Waals surface area contributed by atoms with Crippen molar-refractivity contribution in [1.82, 2.24) is 14.2 Å². The van der Waals surface area contributed by atoms with Crippen molar-refractivity contribution >= 4 is 33.5 Å². The maximum Gasteiger partial charge on any atom is 0.325 e. The summed E-state index contributed by atoms with van der Waals surface area (Å²) in [5, 5.41) is 7.28. The van der Waals surface area contributed by atoms with Crippen molar-refractivity contribution < 1.29 is 8.42 Å². The van der Waals surface area contributed by atoms with E-state index in [4.69, 9.17) is 16.7 Å². The number of nitrogens with zero attached hydrogens (tertiary/aromatic N) is 5. The molecule has 0 radical (unpaired) electrons. The van der Waals surface area contributed by atoms with Gasteiger partial charge in [0.25, 0.3) is 0 Å². The van der Waals surface area contributed by atoms with Crippen molar-refractivity contribution in [3.8, 4) is 0 Å². The van der Waals surface area contributed by atoms with E-state index >= 15 is 0 Å². The van der Waals surface area contributed by atoms with Gasteiger partial charge in [-0.25, -0.2) is 5.01 Å². The Morgan fingerprint density at radius 2 is 1.76 bits per heavy atom. The Morgan fingerprint density at radius 1 is 1.09 bits per heavy atom. The zero-order valence-corrected chi connectivity index (χ0v) is 20.6. The Kier molecular flexibility index (Phi) is 7.36. The standard InChI is InChI=1S/C24H30ClN5O2S/c1-3-28(2)24(27-33(31,32)29-16-8-5-9-17-29)30-18-22(19-10-6-4-7-11-19)23(26-30)20-12-14-21(25)15-13-20/h4,6-7,10-15,22H,3,5,8-9,16-18H2,1-2H3. The first kappa shape index (κ1) is 23.7. The summed E-state index contributed by atoms with van der Waals surface area (Å²) >= 11 is 6.11. The molecule has 1 atom stereocenters. The van der Waals surface area contributed by atoms with Gasteiger partial charge in [0.1, 0.15) is 0 Å². The molecule has 7 nitrogen and oxygen atoms in total. The molecule has 4 rings (SSSR count). The largest absolute Gasteiger partial charge is 0.344 e. The van der Waals surface area contributed by atoms with Crippen LogP contribution in [0, 0.1) is 0 Å². The van der Waals surface area contributed by atoms with Gasteiger partial charge in [-0.3, -0.25) is 0 Å². The monoisotopic (exact) mass is 487 g/mol. The highest BCUT2D eigenvalue weighted by atomic mass is 35.5. The predicted octanol–water partition coefficient (Wildman–Crippen LogP) is 4.18. The minimum absolute atomic E-state index is 0.0273. The minimum atomic E-state index is -3.79. The van der Waals surface area contributed by atoms with Gasteiger partial charge in [-0.05, 0) is 43.0 Å². The van der Waals surface area contributed by atoms with Gasteiger partial charge in [0, 0.05) is 37.6 Å². The van der Waals surface area contributed by atoms with Gasteiger partial charge in [0.15, 0.2) is 0 Å². The first-order valence-corrected chi connectivity index (χ1v) is 13.1. The molecular weight excluding hydrogens is 458 g/mol. The third-order valence-electron chi connectivity index (χ3n) is 6.14. The second-order valence-corrected chi connectivity index (χ2v) is 10.4. The van der Waals surface area contributed by atoms with Crippen LogP contribution in [0.25, 0.3) is 0 Å². The van der Waals surface area contributed by atoms with Crippen LogP contribution < -0.4 is 0 Å². The molecule has 1 fully saturated rings. The summed E-state index contributed by atoms with van der Waals surface area (Å²) in [5.74, 6) is 0.313. The van der Waals surface area contributed by atoms with E-state index in [9.17, 15) is 8.42 Å². The van der Waals surface area contributed by atoms with Crippen LogP contribution in [0.4, 0.5) is 0 Å². The fourth-order valence-corrected chi connectivity index (χ4v) is 5.57. The molecule has 0 N–H and O–H groups in total. The van der Waals surface area contributed by atoms with Gasteiger partial charge in [-0.1, -0.05) is 60.5 Å². The van der Waals surface area contributed by atoms with Crippen LogP contribution in [0.2, 0.25) is 5.02 Å². The average molecular weight is 488 g/mol. The molecule has 0 bridgehead atoms. The summed E-state index contributed by atoms with van der Waals surface area (Å²) in [7, 11) is -1.95. The number of guanidine groups is 1. The van der Waals surface area contributed by atoms with Gasteiger partial charge in [-0.2, -0.15) is 17.8 Å². The highest BCUT2D eigenvalue weighted by molar-refractivity contribution is 7.87. The molecule has 33 heavy (non-hydrogen) atoms. The molecule has 9 heteroatoms. The smallest absolute Gasteiger partial charge is 0.325 e. The second-order valence-electron chi connectivity index (χ2n) is 8.38. The number of hydrogen-bond acceptors (Lipinski definition) is 3. The average Bonchev–Trinajstić information content (AvgIpc) is 3.29. The first-order chi connectivity index (χ1) is 15.9. The first-order valence-electron chi connectivity index (χ1n) is 11.4. The molecule has 2 aliphatic rings. The highest BCUT2D eigenvalue weighted by Crippen LogP contribution is 2.30. The fourth-order valence-electron chi connectivity index (χ4n) is 4.17. The van der Waals surface area contributed by atoms with Crippen LogP contribution in [-0.2, 0) is 10.2 Å². The van der Waals surface area contributed by atoms with E-state index in [2.05, 4.69) is 16.5 Å². The highest BCUT2D eigenvalue weighted by Gasteiger charge is 2.34. The van der Waals surface area contributed by atoms with E-state index in [-0.39, 0.29) is 5.92 Å². The number of rotatable bonds is 5. The molecule has 2 aromatic carbocycles. The van der Waals surface area contributed by atoms with Crippen molar-refractivity contribution in [3.05, 3.63) is 70.7 Å². The molecule has 2 heterocycles. The van der Waals surface area contributed by atoms with Crippen molar-refractivity contribution in [2.24, 2.45) is 9.50 Å². The van der Waals surface area contributed by atoms with Gasteiger partial charge in [-0.15, -0.1) is 4.40 Å². The van der Waals surface area contributed by atoms with Gasteiger partial charge >= 0.3 is 10.2 Å². The van der Waals surface area contributed by atoms with E-state index in [1.54, 1.807) is 5.01 Å². The quantitative estimate of drug-likeness (QED) is 0.468. The van der Waals surface area contributed by atoms with Crippen molar-refractivity contribution in [1.29, 1.82) is 0 Å². The maximum absolute atomic E-state index is 13.1. The van der Waals surface area contributed by atoms with E-state index in [1.807, 2.05) is 61.3 Å². The third-order valence-corrected chi connectivity index (χ3v) is 7.80. The Morgan fingerprint density at radius 3 is 2.39 bits per heavy atom. The minimum Gasteiger partial charge on any atom is -0.344 e. The zero-order valence-electron chi connectivity index (χ0n) is 19.1. The van der Waals surface area contributed by atoms with Gasteiger partial charge in [0.05, 0.1) is 12.3 Å². The molecule has 0 aromatic heterocycles. The van der Waals surface area contributed by atoms with Crippen molar-refractivity contribution in [2.75, 3.05) is 33.2 Å². The Hall–Kier alpha value is -2.42. The summed E-state index contributed by atoms with van der Waals surface area (Å²) in [6.45, 7) is 4.10. The lowest BCUT2D eigenvalue weighted by molar-refractivity contribution is 0.344. The molecular formula is C24H30ClN5O2S. The second kappa shape index (κ2) is 10.2. The van der Waals surface area contributed by atoms with Crippen molar-refractivity contribution in [2.45, 2.75) is 32.1 Å². The molecule has 0 spiro atoms. The van der Waals surface area contributed by atoms with Crippen LogP contribution in [0.1, 0.15) is 43.2 Å². The van der Waals surface area contributed by atoms with E-state index in [0.717, 1.165) is 36.1 Å². The number of halogens is 1. The predicted molar refractivity (Wildman–Crippen MR) is 134 cm³/mol. The van der Waals surface area contributed by atoms with E-state index in [0.29, 0.717) is 37.2 Å². The number of hydrogen-bond donors (Lipinski definition) is 0. The molecule has 0 aliphatic carbocycles. The Labute approximate surface area is 201 Å². The van der Waals surface area contributed by atoms with E-state index in [1.165, 1.54) is 4.31 Å². The topological polar surface area (TPSA) is 68.6 Å². The van der Waals surface area contributed by atoms with E-state index < -0.39 is 10.2 Å². The van der Waals surface area contributed by atoms with Gasteiger partial charge in [0.2, 0.25) is 5.96 Å². The molecule has 1 saturated heterocycles. The molecule has 1 unspecified atom stereocenters. The number of benzene rings is 2. The fraction of sp³-hybridized carbons (Fsp3) is 0.417. The van der Waals surface area contributed by atoms with Crippen LogP contribution >= 0.6 is 11.6 Å². The lowest BCUT2D eigenvalue weighted by Gasteiger charge is -2.28. The molecule has 0 amide bonds. The summed E-state index contributed by atoms with van der Waals surface area (Å²) in [6.07, 6.45) is 2.79. The SMILES string of the molecule is CCN(C)C(=NS(=O)(=O)N1CCCCC1)N1CC(c2ccccc2)C(c2ccc(Cl)cc2)=N1. The van der Waals surface area contributed by atoms with Crippen LogP contribution in [0.15, 0.2) is 64.1 Å². The van der Waals surface area contributed by atoms with Gasteiger partial charge < -0.3 is 4.90 Å². The summed E-state index contributed by atoms with van der Waals surface area (Å²) in [5.41, 5.74) is 2.93. The van der Waals surface area contributed by atoms with Crippen LogP contribution in [0.5, 0.6) is 0 Å². The molecule has 176 valence electrons.